The Balaban J connectivity index is 2.16. The van der Waals surface area contributed by atoms with E-state index in [2.05, 4.69) is 5.32 Å². The maximum absolute atomic E-state index is 12.3. The predicted octanol–water partition coefficient (Wildman–Crippen LogP) is 3.14. The van der Waals surface area contributed by atoms with Crippen LogP contribution in [0.5, 0.6) is 0 Å². The van der Waals surface area contributed by atoms with Gasteiger partial charge < -0.3 is 0 Å². The molecule has 0 aliphatic heterocycles. The van der Waals surface area contributed by atoms with Gasteiger partial charge in [0.25, 0.3) is 0 Å². The van der Waals surface area contributed by atoms with Crippen molar-refractivity contribution in [2.24, 2.45) is 0 Å². The summed E-state index contributed by atoms with van der Waals surface area (Å²) in [6.07, 6.45) is 1.05. The summed E-state index contributed by atoms with van der Waals surface area (Å²) in [7, 11) is 0. The summed E-state index contributed by atoms with van der Waals surface area (Å²) >= 11 is -0.0858. The number of nitrogens with one attached hydrogen (secondary N) is 1. The van der Waals surface area contributed by atoms with Gasteiger partial charge in [-0.1, -0.05) is 0 Å². The Morgan fingerprint density at radius 3 is 2.19 bits per heavy atom. The summed E-state index contributed by atoms with van der Waals surface area (Å²) in [5.41, 5.74) is 0.493. The third kappa shape index (κ3) is 7.03. The minimum absolute atomic E-state index is 0.0858. The number of hydrogen-bond acceptors (Lipinski definition) is 3. The van der Waals surface area contributed by atoms with E-state index in [1.165, 1.54) is 0 Å². The zero-order valence-corrected chi connectivity index (χ0v) is 17.1. The molecular weight excluding hydrogens is 393 g/mol. The van der Waals surface area contributed by atoms with E-state index in [-0.39, 0.29) is 25.8 Å². The summed E-state index contributed by atoms with van der Waals surface area (Å²) in [5, 5.41) is 2.92. The molecule has 0 heterocycles. The predicted molar refractivity (Wildman–Crippen MR) is 105 cm³/mol. The van der Waals surface area contributed by atoms with Crippen molar-refractivity contribution in [1.29, 1.82) is 0 Å². The number of aldehydes is 1. The SMILES string of the molecule is CC(C)(C)OC(=O)N[C@@H](Cc1ccccc1)[C@@H](C=O)[Se]c1ccccc1. The van der Waals surface area contributed by atoms with E-state index in [4.69, 9.17) is 4.74 Å². The van der Waals surface area contributed by atoms with Gasteiger partial charge in [-0.05, 0) is 0 Å². The fourth-order valence-corrected chi connectivity index (χ4v) is 4.56. The Hall–Kier alpha value is -2.10. The molecule has 0 aromatic heterocycles. The first-order valence-electron chi connectivity index (χ1n) is 8.58. The maximum atomic E-state index is 12.3. The van der Waals surface area contributed by atoms with Crippen LogP contribution in [0.2, 0.25) is 4.82 Å². The topological polar surface area (TPSA) is 55.4 Å². The van der Waals surface area contributed by atoms with Gasteiger partial charge in [-0.2, -0.15) is 0 Å². The van der Waals surface area contributed by atoms with E-state index in [1.807, 2.05) is 81.4 Å². The number of hydrogen-bond donors (Lipinski definition) is 1. The first-order valence-corrected chi connectivity index (χ1v) is 10.4. The Kier molecular flexibility index (Phi) is 7.43. The fraction of sp³-hybridized carbons (Fsp3) is 0.333. The van der Waals surface area contributed by atoms with Crippen molar-refractivity contribution in [2.45, 2.75) is 43.7 Å². The molecule has 0 saturated carbocycles. The van der Waals surface area contributed by atoms with Crippen LogP contribution in [-0.2, 0) is 16.0 Å². The molecule has 26 heavy (non-hydrogen) atoms. The minimum atomic E-state index is -0.581. The normalized spacial score (nSPS) is 13.5. The molecule has 1 N–H and O–H groups in total. The third-order valence-electron chi connectivity index (χ3n) is 3.55. The number of benzene rings is 2. The van der Waals surface area contributed by atoms with Crippen molar-refractivity contribution >= 4 is 31.8 Å². The number of amides is 1. The van der Waals surface area contributed by atoms with Crippen LogP contribution in [0.4, 0.5) is 4.79 Å². The van der Waals surface area contributed by atoms with E-state index >= 15 is 0 Å². The molecule has 4 nitrogen and oxygen atoms in total. The second-order valence-corrected chi connectivity index (χ2v) is 9.60. The van der Waals surface area contributed by atoms with Gasteiger partial charge in [0.15, 0.2) is 0 Å². The number of rotatable bonds is 7. The van der Waals surface area contributed by atoms with E-state index in [9.17, 15) is 9.59 Å². The molecule has 2 rings (SSSR count). The van der Waals surface area contributed by atoms with Crippen molar-refractivity contribution in [3.8, 4) is 0 Å². The van der Waals surface area contributed by atoms with Crippen molar-refractivity contribution in [3.63, 3.8) is 0 Å². The van der Waals surface area contributed by atoms with Gasteiger partial charge in [-0.15, -0.1) is 0 Å². The van der Waals surface area contributed by atoms with Gasteiger partial charge in [-0.25, -0.2) is 0 Å². The van der Waals surface area contributed by atoms with Gasteiger partial charge in [-0.3, -0.25) is 0 Å². The second-order valence-electron chi connectivity index (χ2n) is 6.97. The molecule has 2 aromatic carbocycles. The van der Waals surface area contributed by atoms with Gasteiger partial charge in [0, 0.05) is 0 Å². The molecule has 138 valence electrons. The summed E-state index contributed by atoms with van der Waals surface area (Å²) in [6, 6.07) is 19.5. The van der Waals surface area contributed by atoms with Crippen LogP contribution < -0.4 is 9.78 Å². The molecule has 0 unspecified atom stereocenters. The number of ether oxygens (including phenoxy) is 1. The zero-order chi connectivity index (χ0) is 19.0. The summed E-state index contributed by atoms with van der Waals surface area (Å²) in [5.74, 6) is 0. The molecule has 0 spiro atoms. The molecule has 0 radical (unpaired) electrons. The van der Waals surface area contributed by atoms with Crippen LogP contribution in [0.3, 0.4) is 0 Å². The molecular formula is C21H25NO3Se. The average Bonchev–Trinajstić information content (AvgIpc) is 2.59. The number of alkyl carbamates (subject to hydrolysis) is 1. The molecule has 0 aliphatic rings. The van der Waals surface area contributed by atoms with Gasteiger partial charge in [0.05, 0.1) is 0 Å². The molecule has 0 aliphatic carbocycles. The van der Waals surface area contributed by atoms with Crippen LogP contribution >= 0.6 is 0 Å². The van der Waals surface area contributed by atoms with Crippen molar-refractivity contribution in [1.82, 2.24) is 5.32 Å². The second kappa shape index (κ2) is 9.56. The first-order chi connectivity index (χ1) is 12.4. The quantitative estimate of drug-likeness (QED) is 0.555. The number of carbonyl (C=O) groups is 2. The van der Waals surface area contributed by atoms with E-state index in [0.717, 1.165) is 16.3 Å². The standard InChI is InChI=1S/C21H25NO3Se/c1-21(2,3)25-20(24)22-18(14-16-10-6-4-7-11-16)19(15-23)26-17-12-8-5-9-13-17/h4-13,15,18-19H,14H2,1-3H3,(H,22,24)/t18-,19+/m0/s1. The number of carbonyl (C=O) groups excluding carboxylic acids is 2. The van der Waals surface area contributed by atoms with E-state index in [1.54, 1.807) is 0 Å². The molecule has 0 saturated heterocycles. The average molecular weight is 418 g/mol. The third-order valence-corrected chi connectivity index (χ3v) is 6.18. The summed E-state index contributed by atoms with van der Waals surface area (Å²) in [4.78, 5) is 23.8. The Morgan fingerprint density at radius 2 is 1.65 bits per heavy atom. The molecule has 2 aromatic rings. The molecule has 0 fully saturated rings. The van der Waals surface area contributed by atoms with Crippen molar-refractivity contribution in [3.05, 3.63) is 66.2 Å². The van der Waals surface area contributed by atoms with E-state index < -0.39 is 11.7 Å². The summed E-state index contributed by atoms with van der Waals surface area (Å²) < 4.78 is 6.52. The molecule has 1 amide bonds. The van der Waals surface area contributed by atoms with Crippen LogP contribution in [0, 0.1) is 0 Å². The Bertz CT molecular complexity index is 698. The zero-order valence-electron chi connectivity index (χ0n) is 15.3. The van der Waals surface area contributed by atoms with Gasteiger partial charge in [0.1, 0.15) is 0 Å². The monoisotopic (exact) mass is 419 g/mol. The molecule has 0 bridgehead atoms. The fourth-order valence-electron chi connectivity index (χ4n) is 2.44. The van der Waals surface area contributed by atoms with E-state index in [0.29, 0.717) is 6.42 Å². The van der Waals surface area contributed by atoms with Crippen LogP contribution in [0.15, 0.2) is 60.7 Å². The summed E-state index contributed by atoms with van der Waals surface area (Å²) in [6.45, 7) is 5.47. The van der Waals surface area contributed by atoms with Crippen LogP contribution in [0.25, 0.3) is 0 Å². The van der Waals surface area contributed by atoms with Gasteiger partial charge >= 0.3 is 161 Å². The molecule has 5 heteroatoms. The van der Waals surface area contributed by atoms with Crippen LogP contribution in [0.1, 0.15) is 26.3 Å². The van der Waals surface area contributed by atoms with Crippen molar-refractivity contribution in [2.75, 3.05) is 0 Å². The van der Waals surface area contributed by atoms with Gasteiger partial charge in [0.2, 0.25) is 0 Å². The Labute approximate surface area is 161 Å². The van der Waals surface area contributed by atoms with Crippen LogP contribution in [-0.4, -0.2) is 39.0 Å². The van der Waals surface area contributed by atoms with Crippen molar-refractivity contribution < 1.29 is 14.3 Å². The molecule has 2 atom stereocenters. The first kappa shape index (κ1) is 20.2. The Morgan fingerprint density at radius 1 is 1.08 bits per heavy atom.